The van der Waals surface area contributed by atoms with Crippen molar-refractivity contribution in [1.82, 2.24) is 0 Å². The van der Waals surface area contributed by atoms with E-state index in [1.54, 1.807) is 0 Å². The average molecular weight is 158 g/mol. The molecular formula is C7H14N2O2. The van der Waals surface area contributed by atoms with Crippen molar-refractivity contribution in [2.24, 2.45) is 5.73 Å². The van der Waals surface area contributed by atoms with Gasteiger partial charge in [0.2, 0.25) is 0 Å². The lowest BCUT2D eigenvalue weighted by Gasteiger charge is -2.22. The van der Waals surface area contributed by atoms with Gasteiger partial charge in [0, 0.05) is 6.42 Å². The summed E-state index contributed by atoms with van der Waals surface area (Å²) in [5, 5.41) is 10.5. The first kappa shape index (κ1) is 10.1. The maximum Gasteiger partial charge on any atom is 0.153 e. The lowest BCUT2D eigenvalue weighted by Crippen LogP contribution is -2.78. The van der Waals surface area contributed by atoms with E-state index in [2.05, 4.69) is 12.3 Å². The Morgan fingerprint density at radius 2 is 2.36 bits per heavy atom. The van der Waals surface area contributed by atoms with Crippen LogP contribution >= 0.6 is 0 Å². The Kier molecular flexibility index (Phi) is 3.78. The second-order valence-electron chi connectivity index (χ2n) is 2.54. The van der Waals surface area contributed by atoms with E-state index in [9.17, 15) is 9.90 Å². The van der Waals surface area contributed by atoms with Crippen LogP contribution in [0.25, 0.3) is 0 Å². The van der Waals surface area contributed by atoms with Gasteiger partial charge in [0.15, 0.2) is 5.54 Å². The molecule has 0 aromatic heterocycles. The van der Waals surface area contributed by atoms with Gasteiger partial charge in [0.1, 0.15) is 5.97 Å². The number of nitrogens with two attached hydrogens (primary N) is 1. The number of carboxylic acid groups (broad SMARTS) is 1. The molecule has 0 radical (unpaired) electrons. The van der Waals surface area contributed by atoms with Gasteiger partial charge in [-0.05, 0) is 19.0 Å². The third-order valence-corrected chi connectivity index (χ3v) is 1.62. The first-order valence-corrected chi connectivity index (χ1v) is 3.47. The van der Waals surface area contributed by atoms with Gasteiger partial charge in [0.25, 0.3) is 0 Å². The molecule has 4 heteroatoms. The molecule has 0 fully saturated rings. The number of carboxylic acids is 1. The molecule has 0 saturated heterocycles. The van der Waals surface area contributed by atoms with Crippen LogP contribution in [0.1, 0.15) is 12.8 Å². The zero-order valence-electron chi connectivity index (χ0n) is 6.51. The molecule has 4 nitrogen and oxygen atoms in total. The number of hydrogen-bond acceptors (Lipinski definition) is 3. The molecule has 0 heterocycles. The molecule has 0 saturated carbocycles. The molecule has 0 aliphatic carbocycles. The molecule has 11 heavy (non-hydrogen) atoms. The normalized spacial score (nSPS) is 15.5. The molecule has 0 aliphatic heterocycles. The zero-order chi connectivity index (χ0) is 8.91. The van der Waals surface area contributed by atoms with Gasteiger partial charge in [-0.2, -0.15) is 0 Å². The number of hydrogen-bond donors (Lipinski definition) is 2. The predicted octanol–water partition coefficient (Wildman–Crippen LogP) is -2.36. The molecule has 0 aromatic carbocycles. The summed E-state index contributed by atoms with van der Waals surface area (Å²) in [6.07, 6.45) is 2.29. The molecule has 0 aromatic rings. The predicted molar refractivity (Wildman–Crippen MR) is 39.1 cm³/mol. The Morgan fingerprint density at radius 3 is 2.64 bits per heavy atom. The minimum Gasteiger partial charge on any atom is -0.543 e. The number of aliphatic carboxylic acids is 1. The van der Waals surface area contributed by atoms with E-state index < -0.39 is 11.5 Å². The van der Waals surface area contributed by atoms with Crippen LogP contribution in [0, 0.1) is 0 Å². The van der Waals surface area contributed by atoms with Crippen LogP contribution in [0.3, 0.4) is 0 Å². The molecule has 0 unspecified atom stereocenters. The van der Waals surface area contributed by atoms with E-state index in [0.717, 1.165) is 0 Å². The summed E-state index contributed by atoms with van der Waals surface area (Å²) in [6.45, 7) is 3.84. The molecule has 0 amide bonds. The van der Waals surface area contributed by atoms with Gasteiger partial charge in [0.05, 0.1) is 0 Å². The highest BCUT2D eigenvalue weighted by Crippen LogP contribution is 2.06. The van der Waals surface area contributed by atoms with Gasteiger partial charge < -0.3 is 21.4 Å². The van der Waals surface area contributed by atoms with E-state index >= 15 is 0 Å². The second-order valence-corrected chi connectivity index (χ2v) is 2.54. The van der Waals surface area contributed by atoms with E-state index in [0.29, 0.717) is 19.4 Å². The smallest absolute Gasteiger partial charge is 0.153 e. The molecule has 5 N–H and O–H groups in total. The van der Waals surface area contributed by atoms with E-state index in [1.807, 2.05) is 0 Å². The van der Waals surface area contributed by atoms with Gasteiger partial charge in [-0.3, -0.25) is 0 Å². The van der Waals surface area contributed by atoms with Gasteiger partial charge >= 0.3 is 0 Å². The molecule has 0 rings (SSSR count). The Labute approximate surface area is 65.9 Å². The van der Waals surface area contributed by atoms with E-state index in [1.165, 1.54) is 6.08 Å². The minimum atomic E-state index is -1.19. The summed E-state index contributed by atoms with van der Waals surface area (Å²) in [5.74, 6) is -1.19. The quantitative estimate of drug-likeness (QED) is 0.438. The fraction of sp³-hybridized carbons (Fsp3) is 0.571. The maximum absolute atomic E-state index is 10.5. The lowest BCUT2D eigenvalue weighted by atomic mass is 9.95. The van der Waals surface area contributed by atoms with Crippen LogP contribution in [0.15, 0.2) is 12.7 Å². The summed E-state index contributed by atoms with van der Waals surface area (Å²) in [4.78, 5) is 10.5. The van der Waals surface area contributed by atoms with Crippen molar-refractivity contribution in [3.63, 3.8) is 0 Å². The van der Waals surface area contributed by atoms with Crippen molar-refractivity contribution in [2.45, 2.75) is 18.4 Å². The van der Waals surface area contributed by atoms with Crippen LogP contribution in [-0.2, 0) is 4.79 Å². The molecule has 64 valence electrons. The lowest BCUT2D eigenvalue weighted by molar-refractivity contribution is -0.471. The average Bonchev–Trinajstić information content (AvgIpc) is 2.00. The van der Waals surface area contributed by atoms with Crippen LogP contribution in [0.5, 0.6) is 0 Å². The number of carbonyl (C=O) groups is 1. The van der Waals surface area contributed by atoms with Crippen LogP contribution in [0.2, 0.25) is 0 Å². The highest BCUT2D eigenvalue weighted by atomic mass is 16.4. The van der Waals surface area contributed by atoms with E-state index in [4.69, 9.17) is 5.73 Å². The van der Waals surface area contributed by atoms with Crippen molar-refractivity contribution in [3.05, 3.63) is 12.7 Å². The SMILES string of the molecule is C=C[C@]([NH3+])(CCCN)C(=O)[O-]. The van der Waals surface area contributed by atoms with Crippen molar-refractivity contribution < 1.29 is 15.6 Å². The maximum atomic E-state index is 10.5. The molecule has 0 bridgehead atoms. The highest BCUT2D eigenvalue weighted by molar-refractivity contribution is 5.76. The standard InChI is InChI=1S/C7H14N2O2/c1-2-7(9,6(10)11)4-3-5-8/h2H,1,3-5,8-9H2,(H,10,11)/t7-/m0/s1. The minimum absolute atomic E-state index is 0.384. The first-order chi connectivity index (χ1) is 5.06. The first-order valence-electron chi connectivity index (χ1n) is 3.47. The van der Waals surface area contributed by atoms with Crippen molar-refractivity contribution >= 4 is 5.97 Å². The van der Waals surface area contributed by atoms with Crippen molar-refractivity contribution in [3.8, 4) is 0 Å². The largest absolute Gasteiger partial charge is 0.543 e. The summed E-state index contributed by atoms with van der Waals surface area (Å²) in [5.41, 5.74) is 7.54. The molecule has 0 spiro atoms. The van der Waals surface area contributed by atoms with Crippen LogP contribution in [-0.4, -0.2) is 18.1 Å². The third kappa shape index (κ3) is 2.69. The van der Waals surface area contributed by atoms with Crippen LogP contribution in [0.4, 0.5) is 0 Å². The van der Waals surface area contributed by atoms with Gasteiger partial charge in [-0.1, -0.05) is 6.58 Å². The van der Waals surface area contributed by atoms with Crippen molar-refractivity contribution in [2.75, 3.05) is 6.54 Å². The second kappa shape index (κ2) is 4.10. The Bertz CT molecular complexity index is 159. The summed E-state index contributed by atoms with van der Waals surface area (Å²) in [7, 11) is 0. The fourth-order valence-corrected chi connectivity index (χ4v) is 0.705. The molecule has 0 aliphatic rings. The Morgan fingerprint density at radius 1 is 1.82 bits per heavy atom. The molecule has 1 atom stereocenters. The number of quaternary nitrogens is 1. The fourth-order valence-electron chi connectivity index (χ4n) is 0.705. The molecular weight excluding hydrogens is 144 g/mol. The highest BCUT2D eigenvalue weighted by Gasteiger charge is 2.25. The topological polar surface area (TPSA) is 93.8 Å². The van der Waals surface area contributed by atoms with E-state index in [-0.39, 0.29) is 0 Å². The summed E-state index contributed by atoms with van der Waals surface area (Å²) >= 11 is 0. The summed E-state index contributed by atoms with van der Waals surface area (Å²) in [6, 6.07) is 0. The summed E-state index contributed by atoms with van der Waals surface area (Å²) < 4.78 is 0. The number of rotatable bonds is 5. The van der Waals surface area contributed by atoms with Gasteiger partial charge in [-0.15, -0.1) is 0 Å². The third-order valence-electron chi connectivity index (χ3n) is 1.62. The van der Waals surface area contributed by atoms with Crippen LogP contribution < -0.4 is 16.6 Å². The Balaban J connectivity index is 4.10. The number of carbonyl (C=O) groups excluding carboxylic acids is 1. The zero-order valence-corrected chi connectivity index (χ0v) is 6.51. The van der Waals surface area contributed by atoms with Crippen molar-refractivity contribution in [1.29, 1.82) is 0 Å². The monoisotopic (exact) mass is 158 g/mol. The van der Waals surface area contributed by atoms with Gasteiger partial charge in [-0.25, -0.2) is 0 Å². The Hall–Kier alpha value is -0.870.